The number of anilines is 1. The van der Waals surface area contributed by atoms with E-state index in [4.69, 9.17) is 9.47 Å². The van der Waals surface area contributed by atoms with Crippen molar-refractivity contribution in [1.82, 2.24) is 9.97 Å². The molecule has 1 aromatic heterocycles. The fourth-order valence-corrected chi connectivity index (χ4v) is 2.38. The van der Waals surface area contributed by atoms with Gasteiger partial charge in [0.15, 0.2) is 0 Å². The summed E-state index contributed by atoms with van der Waals surface area (Å²) < 4.78 is 11.2. The smallest absolute Gasteiger partial charge is 0.148 e. The maximum Gasteiger partial charge on any atom is 0.148 e. The first-order valence-corrected chi connectivity index (χ1v) is 7.25. The van der Waals surface area contributed by atoms with Crippen LogP contribution in [0.25, 0.3) is 0 Å². The van der Waals surface area contributed by atoms with E-state index in [1.807, 2.05) is 0 Å². The first-order chi connectivity index (χ1) is 9.15. The molecule has 0 aromatic carbocycles. The minimum Gasteiger partial charge on any atom is -0.382 e. The highest BCUT2D eigenvalue weighted by Crippen LogP contribution is 2.20. The first-order valence-electron chi connectivity index (χ1n) is 6.45. The van der Waals surface area contributed by atoms with Crippen LogP contribution in [0.4, 0.5) is 5.82 Å². The van der Waals surface area contributed by atoms with Crippen LogP contribution in [-0.4, -0.2) is 43.4 Å². The summed E-state index contributed by atoms with van der Waals surface area (Å²) in [6.45, 7) is 5.26. The zero-order valence-corrected chi connectivity index (χ0v) is 13.6. The number of rotatable bonds is 8. The van der Waals surface area contributed by atoms with Crippen LogP contribution in [0, 0.1) is 0 Å². The van der Waals surface area contributed by atoms with Crippen LogP contribution in [-0.2, 0) is 22.3 Å². The fourth-order valence-electron chi connectivity index (χ4n) is 1.80. The van der Waals surface area contributed by atoms with Gasteiger partial charge in [-0.25, -0.2) is 9.97 Å². The van der Waals surface area contributed by atoms with Gasteiger partial charge in [0.25, 0.3) is 0 Å². The second-order valence-corrected chi connectivity index (χ2v) is 4.97. The van der Waals surface area contributed by atoms with Crippen LogP contribution < -0.4 is 5.32 Å². The molecule has 5 nitrogen and oxygen atoms in total. The number of nitrogens with one attached hydrogen (secondary N) is 1. The summed E-state index contributed by atoms with van der Waals surface area (Å²) >= 11 is 3.46. The summed E-state index contributed by atoms with van der Waals surface area (Å²) in [7, 11) is 3.35. The van der Waals surface area contributed by atoms with Crippen molar-refractivity contribution in [2.75, 3.05) is 32.8 Å². The van der Waals surface area contributed by atoms with Gasteiger partial charge in [-0.05, 0) is 28.8 Å². The summed E-state index contributed by atoms with van der Waals surface area (Å²) in [4.78, 5) is 9.18. The van der Waals surface area contributed by atoms with Crippen LogP contribution >= 0.6 is 15.9 Å². The van der Waals surface area contributed by atoms with E-state index in [0.29, 0.717) is 13.2 Å². The number of aryl methyl sites for hydroxylation is 2. The van der Waals surface area contributed by atoms with Crippen molar-refractivity contribution in [3.05, 3.63) is 16.0 Å². The summed E-state index contributed by atoms with van der Waals surface area (Å²) in [5.41, 5.74) is 1.90. The van der Waals surface area contributed by atoms with Crippen LogP contribution in [0.5, 0.6) is 0 Å². The monoisotopic (exact) mass is 331 g/mol. The highest BCUT2D eigenvalue weighted by atomic mass is 79.9. The van der Waals surface area contributed by atoms with E-state index < -0.39 is 0 Å². The Morgan fingerprint density at radius 2 is 1.63 bits per heavy atom. The van der Waals surface area contributed by atoms with Gasteiger partial charge in [-0.3, -0.25) is 0 Å². The van der Waals surface area contributed by atoms with E-state index in [1.54, 1.807) is 14.2 Å². The molecule has 0 radical (unpaired) electrons. The molecule has 108 valence electrons. The molecule has 0 aliphatic heterocycles. The molecule has 1 rings (SSSR count). The van der Waals surface area contributed by atoms with Gasteiger partial charge in [0, 0.05) is 14.2 Å². The van der Waals surface area contributed by atoms with Crippen LogP contribution in [0.3, 0.4) is 0 Å². The van der Waals surface area contributed by atoms with E-state index in [1.165, 1.54) is 0 Å². The largest absolute Gasteiger partial charge is 0.382 e. The number of ether oxygens (including phenoxy) is 2. The summed E-state index contributed by atoms with van der Waals surface area (Å²) in [5, 5.41) is 3.36. The number of aromatic nitrogens is 2. The third kappa shape index (κ3) is 4.71. The molecule has 0 saturated heterocycles. The lowest BCUT2D eigenvalue weighted by Gasteiger charge is -2.20. The molecule has 1 aromatic rings. The number of halogens is 1. The predicted octanol–water partition coefficient (Wildman–Crippen LogP) is 2.44. The molecule has 1 heterocycles. The van der Waals surface area contributed by atoms with Crippen LogP contribution in [0.2, 0.25) is 0 Å². The molecule has 6 heteroatoms. The molecular weight excluding hydrogens is 310 g/mol. The van der Waals surface area contributed by atoms with E-state index in [0.717, 1.165) is 34.7 Å². The number of methoxy groups -OCH3 is 2. The van der Waals surface area contributed by atoms with Crippen molar-refractivity contribution in [2.45, 2.75) is 32.7 Å². The van der Waals surface area contributed by atoms with Gasteiger partial charge >= 0.3 is 0 Å². The quantitative estimate of drug-likeness (QED) is 0.792. The highest BCUT2D eigenvalue weighted by molar-refractivity contribution is 9.10. The molecule has 0 atom stereocenters. The summed E-state index contributed by atoms with van der Waals surface area (Å²) in [6.07, 6.45) is 1.66. The summed E-state index contributed by atoms with van der Waals surface area (Å²) in [5.74, 6) is 0.821. The zero-order chi connectivity index (χ0) is 14.3. The molecule has 0 aliphatic rings. The predicted molar refractivity (Wildman–Crippen MR) is 79.7 cm³/mol. The zero-order valence-electron chi connectivity index (χ0n) is 12.0. The second kappa shape index (κ2) is 8.45. The minimum atomic E-state index is 0.0699. The van der Waals surface area contributed by atoms with Crippen molar-refractivity contribution in [3.63, 3.8) is 0 Å². The third-order valence-corrected chi connectivity index (χ3v) is 3.37. The lowest BCUT2D eigenvalue weighted by atomic mass is 10.2. The molecule has 0 bridgehead atoms. The van der Waals surface area contributed by atoms with E-state index >= 15 is 0 Å². The number of hydrogen-bond donors (Lipinski definition) is 1. The molecule has 0 spiro atoms. The van der Waals surface area contributed by atoms with Gasteiger partial charge in [-0.15, -0.1) is 0 Å². The fraction of sp³-hybridized carbons (Fsp3) is 0.692. The van der Waals surface area contributed by atoms with E-state index in [9.17, 15) is 0 Å². The molecule has 0 unspecified atom stereocenters. The van der Waals surface area contributed by atoms with Gasteiger partial charge in [-0.1, -0.05) is 13.8 Å². The number of nitrogens with zero attached hydrogens (tertiary/aromatic N) is 2. The topological polar surface area (TPSA) is 56.3 Å². The highest BCUT2D eigenvalue weighted by Gasteiger charge is 2.14. The Morgan fingerprint density at radius 3 is 2.11 bits per heavy atom. The maximum atomic E-state index is 5.18. The molecular formula is C13H22BrN3O2. The molecule has 1 N–H and O–H groups in total. The van der Waals surface area contributed by atoms with Gasteiger partial charge in [0.1, 0.15) is 10.4 Å². The van der Waals surface area contributed by atoms with Crippen molar-refractivity contribution < 1.29 is 9.47 Å². The van der Waals surface area contributed by atoms with Crippen LogP contribution in [0.1, 0.15) is 25.2 Å². The normalized spacial score (nSPS) is 11.1. The summed E-state index contributed by atoms with van der Waals surface area (Å²) in [6, 6.07) is 0.0699. The van der Waals surface area contributed by atoms with E-state index in [-0.39, 0.29) is 6.04 Å². The molecule has 0 amide bonds. The Hall–Kier alpha value is -0.720. The van der Waals surface area contributed by atoms with Crippen molar-refractivity contribution >= 4 is 21.7 Å². The van der Waals surface area contributed by atoms with Crippen molar-refractivity contribution in [3.8, 4) is 0 Å². The number of hydrogen-bond acceptors (Lipinski definition) is 5. The average Bonchev–Trinajstić information content (AvgIpc) is 2.40. The maximum absolute atomic E-state index is 5.18. The van der Waals surface area contributed by atoms with Crippen molar-refractivity contribution in [1.29, 1.82) is 0 Å². The molecule has 0 aliphatic carbocycles. The Balaban J connectivity index is 2.96. The average molecular weight is 332 g/mol. The van der Waals surface area contributed by atoms with E-state index in [2.05, 4.69) is 45.1 Å². The standard InChI is InChI=1S/C13H22BrN3O2/c1-5-10-12(14)16-11(6-2)13(17-10)15-9(7-18-3)8-19-4/h9H,5-8H2,1-4H3,(H,15,17). The molecule has 0 fully saturated rings. The third-order valence-electron chi connectivity index (χ3n) is 2.74. The lowest BCUT2D eigenvalue weighted by molar-refractivity contribution is 0.126. The minimum absolute atomic E-state index is 0.0699. The van der Waals surface area contributed by atoms with Gasteiger partial charge in [0.05, 0.1) is 30.6 Å². The Bertz CT molecular complexity index is 396. The van der Waals surface area contributed by atoms with Crippen LogP contribution in [0.15, 0.2) is 4.60 Å². The Morgan fingerprint density at radius 1 is 1.05 bits per heavy atom. The lowest BCUT2D eigenvalue weighted by Crippen LogP contribution is -2.31. The van der Waals surface area contributed by atoms with Crippen molar-refractivity contribution in [2.24, 2.45) is 0 Å². The molecule has 19 heavy (non-hydrogen) atoms. The van der Waals surface area contributed by atoms with Gasteiger partial charge in [-0.2, -0.15) is 0 Å². The Labute approximate surface area is 123 Å². The molecule has 0 saturated carbocycles. The second-order valence-electron chi connectivity index (χ2n) is 4.22. The van der Waals surface area contributed by atoms with Gasteiger partial charge in [0.2, 0.25) is 0 Å². The van der Waals surface area contributed by atoms with Gasteiger partial charge < -0.3 is 14.8 Å². The SMILES string of the molecule is CCc1nc(NC(COC)COC)c(CC)nc1Br. The first kappa shape index (κ1) is 16.3. The Kier molecular flexibility index (Phi) is 7.27.